The Morgan fingerprint density at radius 3 is 2.25 bits per heavy atom. The minimum absolute atomic E-state index is 0.0225. The first kappa shape index (κ1) is 32.0. The Morgan fingerprint density at radius 2 is 1.48 bits per heavy atom. The number of benzene rings is 5. The number of anilines is 1. The highest BCUT2D eigenvalue weighted by Crippen LogP contribution is 2.38. The van der Waals surface area contributed by atoms with Crippen molar-refractivity contribution in [3.05, 3.63) is 153 Å². The smallest absolute Gasteiger partial charge is 0.411 e. The first-order valence-electron chi connectivity index (χ1n) is 14.9. The van der Waals surface area contributed by atoms with Crippen LogP contribution in [0.3, 0.4) is 0 Å². The molecule has 0 spiro atoms. The Morgan fingerprint density at radius 1 is 0.750 bits per heavy atom. The summed E-state index contributed by atoms with van der Waals surface area (Å²) >= 11 is 6.58. The van der Waals surface area contributed by atoms with Crippen LogP contribution in [-0.4, -0.2) is 35.5 Å². The second kappa shape index (κ2) is 14.2. The summed E-state index contributed by atoms with van der Waals surface area (Å²) in [5.41, 5.74) is 6.29. The molecular weight excluding hydrogens is 634 g/mol. The number of carbonyl (C=O) groups is 4. The highest BCUT2D eigenvalue weighted by atomic mass is 35.5. The van der Waals surface area contributed by atoms with E-state index >= 15 is 0 Å². The molecule has 0 fully saturated rings. The van der Waals surface area contributed by atoms with Gasteiger partial charge in [-0.25, -0.2) is 14.4 Å². The van der Waals surface area contributed by atoms with Gasteiger partial charge in [-0.3, -0.25) is 10.1 Å². The van der Waals surface area contributed by atoms with Crippen LogP contribution in [0.1, 0.15) is 48.5 Å². The number of carboxylic acid groups (broad SMARTS) is 1. The Balaban J connectivity index is 1.20. The summed E-state index contributed by atoms with van der Waals surface area (Å²) in [6.07, 6.45) is -0.130. The monoisotopic (exact) mass is 661 g/mol. The minimum atomic E-state index is -1.11. The average molecular weight is 662 g/mol. The number of carboxylic acids is 1. The van der Waals surface area contributed by atoms with Crippen molar-refractivity contribution in [3.8, 4) is 16.9 Å². The van der Waals surface area contributed by atoms with Crippen LogP contribution in [0, 0.1) is 0 Å². The summed E-state index contributed by atoms with van der Waals surface area (Å²) in [5.74, 6) is -1.98. The second-order valence-electron chi connectivity index (χ2n) is 11.0. The maximum Gasteiger partial charge on any atom is 0.411 e. The number of nitrogens with one attached hydrogen (secondary N) is 1. The Bertz CT molecular complexity index is 2030. The molecule has 0 saturated carbocycles. The lowest BCUT2D eigenvalue weighted by atomic mass is 10.0. The van der Waals surface area contributed by atoms with E-state index in [4.69, 9.17) is 30.9 Å². The van der Waals surface area contributed by atoms with Gasteiger partial charge in [-0.2, -0.15) is 0 Å². The zero-order valence-electron chi connectivity index (χ0n) is 25.4. The molecule has 0 aliphatic heterocycles. The fraction of sp³-hybridized carbons (Fsp3) is 0.105. The summed E-state index contributed by atoms with van der Waals surface area (Å²) in [7, 11) is 0. The number of hydrogen-bond donors (Lipinski definition) is 2. The maximum absolute atomic E-state index is 13.4. The van der Waals surface area contributed by atoms with Crippen molar-refractivity contribution in [2.75, 3.05) is 11.9 Å². The lowest BCUT2D eigenvalue weighted by Gasteiger charge is -2.15. The highest BCUT2D eigenvalue weighted by Gasteiger charge is 2.24. The molecule has 48 heavy (non-hydrogen) atoms. The van der Waals surface area contributed by atoms with Crippen LogP contribution < -0.4 is 10.1 Å². The summed E-state index contributed by atoms with van der Waals surface area (Å²) < 4.78 is 16.3. The van der Waals surface area contributed by atoms with E-state index in [2.05, 4.69) is 17.4 Å². The third-order valence-corrected chi connectivity index (χ3v) is 8.09. The van der Waals surface area contributed by atoms with Crippen molar-refractivity contribution >= 4 is 41.1 Å². The summed E-state index contributed by atoms with van der Waals surface area (Å²) in [6, 6.07) is 31.6. The van der Waals surface area contributed by atoms with Gasteiger partial charge >= 0.3 is 18.0 Å². The van der Waals surface area contributed by atoms with E-state index in [0.717, 1.165) is 28.7 Å². The normalized spacial score (nSPS) is 11.2. The van der Waals surface area contributed by atoms with Crippen LogP contribution in [0.5, 0.6) is 5.75 Å². The lowest BCUT2D eigenvalue weighted by Crippen LogP contribution is -2.18. The van der Waals surface area contributed by atoms with Gasteiger partial charge in [-0.05, 0) is 64.1 Å². The molecule has 2 N–H and O–H groups in total. The number of rotatable bonds is 11. The zero-order chi connectivity index (χ0) is 33.6. The van der Waals surface area contributed by atoms with Gasteiger partial charge in [0.1, 0.15) is 24.5 Å². The number of amides is 1. The number of halogens is 1. The lowest BCUT2D eigenvalue weighted by molar-refractivity contribution is -0.139. The fourth-order valence-electron chi connectivity index (χ4n) is 5.50. The van der Waals surface area contributed by atoms with Crippen LogP contribution in [0.25, 0.3) is 11.1 Å². The number of hydrogen-bond acceptors (Lipinski definition) is 7. The SMILES string of the molecule is O=C(O)COc1ccc(COC(=O)c2c(Cl)cc(C(=O)c3ccccc3)cc2NC(=O)OCc2cccc3c2Cc2ccccc2-3)cc1. The quantitative estimate of drug-likeness (QED) is 0.107. The van der Waals surface area contributed by atoms with Crippen LogP contribution in [0.2, 0.25) is 5.02 Å². The molecule has 1 aliphatic rings. The minimum Gasteiger partial charge on any atom is -0.482 e. The van der Waals surface area contributed by atoms with Gasteiger partial charge in [0.05, 0.1) is 10.7 Å². The molecule has 0 aromatic heterocycles. The van der Waals surface area contributed by atoms with Gasteiger partial charge in [-0.1, -0.05) is 96.5 Å². The van der Waals surface area contributed by atoms with Crippen LogP contribution in [0.15, 0.2) is 109 Å². The second-order valence-corrected chi connectivity index (χ2v) is 11.4. The Labute approximate surface area is 280 Å². The van der Waals surface area contributed by atoms with Crippen molar-refractivity contribution in [2.24, 2.45) is 0 Å². The molecule has 0 unspecified atom stereocenters. The van der Waals surface area contributed by atoms with Gasteiger partial charge < -0.3 is 19.3 Å². The van der Waals surface area contributed by atoms with E-state index in [0.29, 0.717) is 16.9 Å². The van der Waals surface area contributed by atoms with Gasteiger partial charge in [0.2, 0.25) is 0 Å². The summed E-state index contributed by atoms with van der Waals surface area (Å²) in [4.78, 5) is 50.6. The van der Waals surface area contributed by atoms with Crippen LogP contribution >= 0.6 is 11.6 Å². The first-order chi connectivity index (χ1) is 23.3. The molecule has 0 atom stereocenters. The summed E-state index contributed by atoms with van der Waals surface area (Å²) in [6.45, 7) is -0.675. The molecule has 0 radical (unpaired) electrons. The maximum atomic E-state index is 13.4. The Kier molecular flexibility index (Phi) is 9.50. The number of fused-ring (bicyclic) bond motifs is 3. The molecule has 5 aromatic carbocycles. The number of esters is 1. The molecule has 0 bridgehead atoms. The number of ketones is 1. The van der Waals surface area contributed by atoms with E-state index < -0.39 is 24.6 Å². The van der Waals surface area contributed by atoms with Crippen molar-refractivity contribution < 1.29 is 38.5 Å². The molecule has 5 aromatic rings. The van der Waals surface area contributed by atoms with E-state index in [1.165, 1.54) is 17.7 Å². The standard InChI is InChI=1S/C38H28ClNO8/c39-32-18-27(36(43)24-7-2-1-3-8-24)19-33(35(32)37(44)47-20-23-13-15-28(16-14-23)46-22-34(41)42)40-38(45)48-21-26-10-6-12-30-29-11-5-4-9-25(29)17-31(26)30/h1-16,18-19H,17,20-22H2,(H,40,45)(H,41,42). The molecule has 6 rings (SSSR count). The molecule has 240 valence electrons. The van der Waals surface area contributed by atoms with E-state index in [1.807, 2.05) is 30.3 Å². The van der Waals surface area contributed by atoms with Crippen molar-refractivity contribution in [2.45, 2.75) is 19.6 Å². The topological polar surface area (TPSA) is 128 Å². The number of ether oxygens (including phenoxy) is 3. The molecule has 1 aliphatic carbocycles. The highest BCUT2D eigenvalue weighted by molar-refractivity contribution is 6.35. The Hall–Kier alpha value is -5.93. The molecule has 9 nitrogen and oxygen atoms in total. The van der Waals surface area contributed by atoms with E-state index in [-0.39, 0.29) is 40.8 Å². The van der Waals surface area contributed by atoms with E-state index in [1.54, 1.807) is 54.6 Å². The third kappa shape index (κ3) is 7.22. The zero-order valence-corrected chi connectivity index (χ0v) is 26.2. The first-order valence-corrected chi connectivity index (χ1v) is 15.3. The van der Waals surface area contributed by atoms with Crippen molar-refractivity contribution in [1.82, 2.24) is 0 Å². The van der Waals surface area contributed by atoms with Gasteiger partial charge in [0, 0.05) is 11.1 Å². The van der Waals surface area contributed by atoms with Crippen molar-refractivity contribution in [1.29, 1.82) is 0 Å². The molecule has 0 heterocycles. The summed E-state index contributed by atoms with van der Waals surface area (Å²) in [5, 5.41) is 11.3. The predicted octanol–water partition coefficient (Wildman–Crippen LogP) is 7.71. The third-order valence-electron chi connectivity index (χ3n) is 7.79. The fourth-order valence-corrected chi connectivity index (χ4v) is 5.79. The number of aliphatic carboxylic acids is 1. The molecule has 10 heteroatoms. The van der Waals surface area contributed by atoms with Gasteiger partial charge in [0.25, 0.3) is 0 Å². The molecule has 0 saturated heterocycles. The molecular formula is C38H28ClNO8. The van der Waals surface area contributed by atoms with Crippen molar-refractivity contribution in [3.63, 3.8) is 0 Å². The average Bonchev–Trinajstić information content (AvgIpc) is 3.48. The van der Waals surface area contributed by atoms with Gasteiger partial charge in [0.15, 0.2) is 12.4 Å². The van der Waals surface area contributed by atoms with E-state index in [9.17, 15) is 19.2 Å². The number of carbonyl (C=O) groups excluding carboxylic acids is 3. The van der Waals surface area contributed by atoms with Crippen LogP contribution in [0.4, 0.5) is 10.5 Å². The largest absolute Gasteiger partial charge is 0.482 e. The van der Waals surface area contributed by atoms with Gasteiger partial charge in [-0.15, -0.1) is 0 Å². The predicted molar refractivity (Wildman–Crippen MR) is 179 cm³/mol. The van der Waals surface area contributed by atoms with Crippen LogP contribution in [-0.2, 0) is 33.9 Å². The molecule has 1 amide bonds.